The van der Waals surface area contributed by atoms with Crippen LogP contribution in [0, 0.1) is 25.7 Å². The maximum atomic E-state index is 12.4. The van der Waals surface area contributed by atoms with Gasteiger partial charge in [0.15, 0.2) is 0 Å². The van der Waals surface area contributed by atoms with Crippen LogP contribution in [0.4, 0.5) is 11.4 Å². The van der Waals surface area contributed by atoms with Gasteiger partial charge in [0.25, 0.3) is 0 Å². The molecule has 2 aromatic carbocycles. The molecule has 1 fully saturated rings. The van der Waals surface area contributed by atoms with Gasteiger partial charge in [-0.15, -0.1) is 0 Å². The summed E-state index contributed by atoms with van der Waals surface area (Å²) in [5.41, 5.74) is 3.37. The molecule has 1 aliphatic rings. The van der Waals surface area contributed by atoms with Crippen LogP contribution in [-0.2, 0) is 9.59 Å². The van der Waals surface area contributed by atoms with E-state index in [0.29, 0.717) is 22.2 Å². The molecule has 0 bridgehead atoms. The highest BCUT2D eigenvalue weighted by atomic mass is 35.5. The maximum Gasteiger partial charge on any atom is 0.228 e. The van der Waals surface area contributed by atoms with Crippen molar-refractivity contribution in [3.63, 3.8) is 0 Å². The van der Waals surface area contributed by atoms with Crippen LogP contribution in [0.1, 0.15) is 17.5 Å². The van der Waals surface area contributed by atoms with Gasteiger partial charge in [0.05, 0.1) is 22.5 Å². The molecule has 1 aliphatic carbocycles. The molecule has 0 aromatic heterocycles. The van der Waals surface area contributed by atoms with Crippen molar-refractivity contribution in [2.75, 3.05) is 10.6 Å². The van der Waals surface area contributed by atoms with Crippen LogP contribution in [0.2, 0.25) is 10.0 Å². The van der Waals surface area contributed by atoms with E-state index in [4.69, 9.17) is 23.2 Å². The molecule has 2 amide bonds. The number of carbonyl (C=O) groups is 2. The summed E-state index contributed by atoms with van der Waals surface area (Å²) in [6.45, 7) is 3.95. The highest BCUT2D eigenvalue weighted by Gasteiger charge is 2.48. The molecule has 1 saturated carbocycles. The molecule has 2 N–H and O–H groups in total. The third-order valence-electron chi connectivity index (χ3n) is 4.29. The fourth-order valence-electron chi connectivity index (χ4n) is 2.77. The maximum absolute atomic E-state index is 12.4. The largest absolute Gasteiger partial charge is 0.326 e. The SMILES string of the molecule is Cc1ccc(NC(=O)C2CC2C(=O)Nc2cc(Cl)ccc2Cl)c(C)c1. The number of nitrogens with one attached hydrogen (secondary N) is 2. The van der Waals surface area contributed by atoms with Crippen molar-refractivity contribution in [2.24, 2.45) is 11.8 Å². The van der Waals surface area contributed by atoms with Gasteiger partial charge in [-0.3, -0.25) is 9.59 Å². The van der Waals surface area contributed by atoms with Crippen molar-refractivity contribution in [2.45, 2.75) is 20.3 Å². The van der Waals surface area contributed by atoms with Crippen LogP contribution in [0.3, 0.4) is 0 Å². The van der Waals surface area contributed by atoms with E-state index in [0.717, 1.165) is 16.8 Å². The first-order valence-electron chi connectivity index (χ1n) is 7.99. The number of halogens is 2. The van der Waals surface area contributed by atoms with E-state index in [1.165, 1.54) is 0 Å². The normalized spacial score (nSPS) is 18.6. The minimum Gasteiger partial charge on any atom is -0.326 e. The van der Waals surface area contributed by atoms with Crippen LogP contribution in [0.25, 0.3) is 0 Å². The first kappa shape index (κ1) is 17.8. The van der Waals surface area contributed by atoms with E-state index in [1.54, 1.807) is 18.2 Å². The number of benzene rings is 2. The Labute approximate surface area is 156 Å². The minimum atomic E-state index is -0.346. The monoisotopic (exact) mass is 376 g/mol. The zero-order valence-electron chi connectivity index (χ0n) is 13.9. The van der Waals surface area contributed by atoms with Gasteiger partial charge in [0, 0.05) is 10.7 Å². The third-order valence-corrected chi connectivity index (χ3v) is 4.85. The van der Waals surface area contributed by atoms with E-state index >= 15 is 0 Å². The number of hydrogen-bond acceptors (Lipinski definition) is 2. The molecule has 0 aliphatic heterocycles. The number of rotatable bonds is 4. The average Bonchev–Trinajstić information content (AvgIpc) is 3.34. The van der Waals surface area contributed by atoms with E-state index in [2.05, 4.69) is 10.6 Å². The van der Waals surface area contributed by atoms with Gasteiger partial charge < -0.3 is 10.6 Å². The summed E-state index contributed by atoms with van der Waals surface area (Å²) in [5, 5.41) is 6.55. The first-order chi connectivity index (χ1) is 11.8. The van der Waals surface area contributed by atoms with Gasteiger partial charge in [0.1, 0.15) is 0 Å². The standard InChI is InChI=1S/C19H18Cl2N2O2/c1-10-3-6-16(11(2)7-10)22-18(24)13-9-14(13)19(25)23-17-8-12(20)4-5-15(17)21/h3-8,13-14H,9H2,1-2H3,(H,22,24)(H,23,25). The summed E-state index contributed by atoms with van der Waals surface area (Å²) in [5.74, 6) is -1.02. The van der Waals surface area contributed by atoms with Crippen LogP contribution < -0.4 is 10.6 Å². The summed E-state index contributed by atoms with van der Waals surface area (Å²) < 4.78 is 0. The second kappa shape index (κ2) is 7.06. The van der Waals surface area contributed by atoms with E-state index < -0.39 is 0 Å². The molecule has 0 saturated heterocycles. The third kappa shape index (κ3) is 4.14. The highest BCUT2D eigenvalue weighted by molar-refractivity contribution is 6.35. The zero-order chi connectivity index (χ0) is 18.1. The first-order valence-corrected chi connectivity index (χ1v) is 8.75. The molecule has 2 aromatic rings. The molecular formula is C19H18Cl2N2O2. The lowest BCUT2D eigenvalue weighted by Gasteiger charge is -2.10. The molecule has 25 heavy (non-hydrogen) atoms. The van der Waals surface area contributed by atoms with Gasteiger partial charge in [-0.1, -0.05) is 40.9 Å². The van der Waals surface area contributed by atoms with Crippen molar-refractivity contribution >= 4 is 46.4 Å². The molecule has 0 spiro atoms. The lowest BCUT2D eigenvalue weighted by Crippen LogP contribution is -2.21. The van der Waals surface area contributed by atoms with E-state index in [9.17, 15) is 9.59 Å². The Morgan fingerprint density at radius 3 is 2.20 bits per heavy atom. The van der Waals surface area contributed by atoms with Crippen molar-refractivity contribution < 1.29 is 9.59 Å². The predicted molar refractivity (Wildman–Crippen MR) is 101 cm³/mol. The minimum absolute atomic E-state index is 0.135. The highest BCUT2D eigenvalue weighted by Crippen LogP contribution is 2.41. The van der Waals surface area contributed by atoms with E-state index in [-0.39, 0.29) is 23.7 Å². The fourth-order valence-corrected chi connectivity index (χ4v) is 3.11. The Morgan fingerprint density at radius 1 is 0.920 bits per heavy atom. The summed E-state index contributed by atoms with van der Waals surface area (Å²) in [7, 11) is 0. The van der Waals surface area contributed by atoms with Crippen LogP contribution in [0.5, 0.6) is 0 Å². The van der Waals surface area contributed by atoms with Crippen molar-refractivity contribution in [3.8, 4) is 0 Å². The quantitative estimate of drug-likeness (QED) is 0.802. The number of aryl methyl sites for hydroxylation is 2. The Balaban J connectivity index is 1.60. The Morgan fingerprint density at radius 2 is 1.56 bits per heavy atom. The molecule has 6 heteroatoms. The fraction of sp³-hybridized carbons (Fsp3) is 0.263. The van der Waals surface area contributed by atoms with Gasteiger partial charge in [-0.25, -0.2) is 0 Å². The lowest BCUT2D eigenvalue weighted by molar-refractivity contribution is -0.122. The molecule has 4 nitrogen and oxygen atoms in total. The smallest absolute Gasteiger partial charge is 0.228 e. The Hall–Kier alpha value is -2.04. The van der Waals surface area contributed by atoms with Crippen molar-refractivity contribution in [1.82, 2.24) is 0 Å². The van der Waals surface area contributed by atoms with Crippen LogP contribution in [0.15, 0.2) is 36.4 Å². The average molecular weight is 377 g/mol. The molecule has 0 radical (unpaired) electrons. The number of hydrogen-bond donors (Lipinski definition) is 2. The van der Waals surface area contributed by atoms with Gasteiger partial charge >= 0.3 is 0 Å². The summed E-state index contributed by atoms with van der Waals surface area (Å²) in [6.07, 6.45) is 0.529. The molecule has 2 atom stereocenters. The Bertz CT molecular complexity index is 851. The van der Waals surface area contributed by atoms with Crippen molar-refractivity contribution in [3.05, 3.63) is 57.6 Å². The van der Waals surface area contributed by atoms with E-state index in [1.807, 2.05) is 32.0 Å². The number of amides is 2. The number of carbonyl (C=O) groups excluding carboxylic acids is 2. The Kier molecular flexibility index (Phi) is 5.02. The lowest BCUT2D eigenvalue weighted by atomic mass is 10.1. The van der Waals surface area contributed by atoms with Crippen LogP contribution >= 0.6 is 23.2 Å². The number of anilines is 2. The van der Waals surface area contributed by atoms with Gasteiger partial charge in [-0.05, 0) is 50.1 Å². The summed E-state index contributed by atoms with van der Waals surface area (Å²) in [4.78, 5) is 24.7. The topological polar surface area (TPSA) is 58.2 Å². The predicted octanol–water partition coefficient (Wildman–Crippen LogP) is 4.82. The second-order valence-electron chi connectivity index (χ2n) is 6.37. The van der Waals surface area contributed by atoms with Crippen LogP contribution in [-0.4, -0.2) is 11.8 Å². The van der Waals surface area contributed by atoms with Crippen molar-refractivity contribution in [1.29, 1.82) is 0 Å². The molecule has 3 rings (SSSR count). The molecule has 2 unspecified atom stereocenters. The molecule has 130 valence electrons. The van der Waals surface area contributed by atoms with Gasteiger partial charge in [0.2, 0.25) is 11.8 Å². The molecule has 0 heterocycles. The molecular weight excluding hydrogens is 359 g/mol. The van der Waals surface area contributed by atoms with Gasteiger partial charge in [-0.2, -0.15) is 0 Å². The second-order valence-corrected chi connectivity index (χ2v) is 7.21. The summed E-state index contributed by atoms with van der Waals surface area (Å²) in [6, 6.07) is 10.7. The zero-order valence-corrected chi connectivity index (χ0v) is 15.4. The summed E-state index contributed by atoms with van der Waals surface area (Å²) >= 11 is 12.0.